The number of hydrogen-bond donors (Lipinski definition) is 0. The molecule has 2 fully saturated rings. The fourth-order valence-corrected chi connectivity index (χ4v) is 4.22. The molecule has 25 heavy (non-hydrogen) atoms. The summed E-state index contributed by atoms with van der Waals surface area (Å²) in [4.78, 5) is 21.1. The molecular formula is C20H31N3O2. The van der Waals surface area contributed by atoms with E-state index in [1.54, 1.807) is 7.11 Å². The molecule has 1 aromatic rings. The maximum atomic E-state index is 12.2. The number of nitrogens with zero attached hydrogens (tertiary/aromatic N) is 3. The molecule has 2 saturated heterocycles. The van der Waals surface area contributed by atoms with Crippen LogP contribution in [0, 0.1) is 12.3 Å². The van der Waals surface area contributed by atoms with Gasteiger partial charge in [0.2, 0.25) is 5.91 Å². The largest absolute Gasteiger partial charge is 0.385 e. The molecule has 5 heteroatoms. The van der Waals surface area contributed by atoms with E-state index in [4.69, 9.17) is 4.74 Å². The van der Waals surface area contributed by atoms with Gasteiger partial charge in [-0.3, -0.25) is 14.7 Å². The first-order valence-corrected chi connectivity index (χ1v) is 9.50. The summed E-state index contributed by atoms with van der Waals surface area (Å²) < 4.78 is 5.14. The van der Waals surface area contributed by atoms with E-state index in [1.165, 1.54) is 24.0 Å². The number of carbonyl (C=O) groups is 1. The summed E-state index contributed by atoms with van der Waals surface area (Å²) >= 11 is 0. The van der Waals surface area contributed by atoms with Crippen LogP contribution >= 0.6 is 0 Å². The van der Waals surface area contributed by atoms with Crippen LogP contribution in [0.5, 0.6) is 0 Å². The second-order valence-corrected chi connectivity index (χ2v) is 7.74. The fourth-order valence-electron chi connectivity index (χ4n) is 4.22. The maximum Gasteiger partial charge on any atom is 0.222 e. The average molecular weight is 345 g/mol. The lowest BCUT2D eigenvalue weighted by Crippen LogP contribution is -2.51. The van der Waals surface area contributed by atoms with Crippen LogP contribution in [-0.4, -0.2) is 60.6 Å². The van der Waals surface area contributed by atoms with Gasteiger partial charge >= 0.3 is 0 Å². The molecule has 1 amide bonds. The van der Waals surface area contributed by atoms with Crippen molar-refractivity contribution in [3.05, 3.63) is 29.6 Å². The Balaban J connectivity index is 1.53. The molecule has 0 bridgehead atoms. The first-order valence-electron chi connectivity index (χ1n) is 9.50. The van der Waals surface area contributed by atoms with Gasteiger partial charge in [-0.1, -0.05) is 0 Å². The van der Waals surface area contributed by atoms with Gasteiger partial charge in [-0.05, 0) is 68.3 Å². The molecule has 2 aliphatic rings. The third-order valence-electron chi connectivity index (χ3n) is 5.97. The fraction of sp³-hybridized carbons (Fsp3) is 0.700. The van der Waals surface area contributed by atoms with Gasteiger partial charge in [-0.2, -0.15) is 0 Å². The zero-order valence-electron chi connectivity index (χ0n) is 15.7. The maximum absolute atomic E-state index is 12.2. The molecule has 2 aliphatic heterocycles. The Kier molecular flexibility index (Phi) is 6.07. The minimum atomic E-state index is 0.330. The summed E-state index contributed by atoms with van der Waals surface area (Å²) in [7, 11) is 1.72. The second-order valence-electron chi connectivity index (χ2n) is 7.74. The van der Waals surface area contributed by atoms with E-state index >= 15 is 0 Å². The van der Waals surface area contributed by atoms with Gasteiger partial charge in [0.05, 0.1) is 0 Å². The zero-order valence-corrected chi connectivity index (χ0v) is 15.7. The van der Waals surface area contributed by atoms with Crippen LogP contribution in [0.3, 0.4) is 0 Å². The van der Waals surface area contributed by atoms with Crippen molar-refractivity contribution in [2.24, 2.45) is 5.41 Å². The predicted octanol–water partition coefficient (Wildman–Crippen LogP) is 2.63. The van der Waals surface area contributed by atoms with E-state index < -0.39 is 0 Å². The minimum absolute atomic E-state index is 0.330. The van der Waals surface area contributed by atoms with Crippen LogP contribution in [0.25, 0.3) is 0 Å². The molecule has 0 aromatic carbocycles. The Bertz CT molecular complexity index is 582. The number of ether oxygens (including phenoxy) is 1. The van der Waals surface area contributed by atoms with Crippen LogP contribution in [0.1, 0.15) is 43.2 Å². The number of rotatable bonds is 6. The van der Waals surface area contributed by atoms with Crippen molar-refractivity contribution in [3.8, 4) is 0 Å². The lowest BCUT2D eigenvalue weighted by Gasteiger charge is -2.47. The van der Waals surface area contributed by atoms with E-state index in [-0.39, 0.29) is 0 Å². The van der Waals surface area contributed by atoms with Crippen molar-refractivity contribution in [3.63, 3.8) is 0 Å². The van der Waals surface area contributed by atoms with Gasteiger partial charge in [-0.25, -0.2) is 0 Å². The van der Waals surface area contributed by atoms with Gasteiger partial charge < -0.3 is 9.64 Å². The highest BCUT2D eigenvalue weighted by atomic mass is 16.5. The molecule has 0 unspecified atom stereocenters. The van der Waals surface area contributed by atoms with E-state index in [0.717, 1.165) is 58.6 Å². The van der Waals surface area contributed by atoms with Gasteiger partial charge in [0.25, 0.3) is 0 Å². The topological polar surface area (TPSA) is 45.7 Å². The standard InChI is InChI=1S/C20H31N3O2/c1-17-14-21-9-5-18(17)15-22-11-7-20(8-12-22)6-4-19(24)23(16-20)10-3-13-25-2/h5,9,14H,3-4,6-8,10-13,15-16H2,1-2H3. The van der Waals surface area contributed by atoms with Crippen molar-refractivity contribution in [2.45, 2.75) is 45.6 Å². The summed E-state index contributed by atoms with van der Waals surface area (Å²) in [6.07, 6.45) is 8.96. The van der Waals surface area contributed by atoms with Gasteiger partial charge in [0, 0.05) is 52.2 Å². The smallest absolute Gasteiger partial charge is 0.222 e. The Hall–Kier alpha value is -1.46. The average Bonchev–Trinajstić information content (AvgIpc) is 2.62. The third-order valence-corrected chi connectivity index (χ3v) is 5.97. The number of pyridine rings is 1. The van der Waals surface area contributed by atoms with E-state index in [2.05, 4.69) is 27.8 Å². The first kappa shape index (κ1) is 18.3. The monoisotopic (exact) mass is 345 g/mol. The van der Waals surface area contributed by atoms with Crippen LogP contribution < -0.4 is 0 Å². The predicted molar refractivity (Wildman–Crippen MR) is 98.2 cm³/mol. The Morgan fingerprint density at radius 2 is 2.08 bits per heavy atom. The summed E-state index contributed by atoms with van der Waals surface area (Å²) in [5, 5.41) is 0. The van der Waals surface area contributed by atoms with Crippen molar-refractivity contribution in [1.29, 1.82) is 0 Å². The molecule has 1 aromatic heterocycles. The molecule has 5 nitrogen and oxygen atoms in total. The van der Waals surface area contributed by atoms with Gasteiger partial charge in [0.1, 0.15) is 0 Å². The number of aromatic nitrogens is 1. The van der Waals surface area contributed by atoms with E-state index in [0.29, 0.717) is 11.3 Å². The molecule has 0 saturated carbocycles. The zero-order chi connectivity index (χ0) is 17.7. The van der Waals surface area contributed by atoms with Crippen molar-refractivity contribution in [2.75, 3.05) is 39.9 Å². The van der Waals surface area contributed by atoms with Crippen LogP contribution in [0.4, 0.5) is 0 Å². The highest BCUT2D eigenvalue weighted by molar-refractivity contribution is 5.77. The summed E-state index contributed by atoms with van der Waals surface area (Å²) in [6, 6.07) is 2.14. The molecular weight excluding hydrogens is 314 g/mol. The van der Waals surface area contributed by atoms with Gasteiger partial charge in [-0.15, -0.1) is 0 Å². The number of amides is 1. The lowest BCUT2D eigenvalue weighted by atomic mass is 9.72. The normalized spacial score (nSPS) is 21.0. The highest BCUT2D eigenvalue weighted by Gasteiger charge is 2.40. The van der Waals surface area contributed by atoms with Crippen molar-refractivity contribution < 1.29 is 9.53 Å². The SMILES string of the molecule is COCCCN1CC2(CCC1=O)CCN(Cc1ccncc1C)CC2. The summed E-state index contributed by atoms with van der Waals surface area (Å²) in [5.41, 5.74) is 2.99. The number of methoxy groups -OCH3 is 1. The minimum Gasteiger partial charge on any atom is -0.385 e. The molecule has 0 atom stereocenters. The number of hydrogen-bond acceptors (Lipinski definition) is 4. The molecule has 0 aliphatic carbocycles. The molecule has 3 rings (SSSR count). The Morgan fingerprint density at radius 1 is 1.28 bits per heavy atom. The number of piperidine rings is 2. The lowest BCUT2D eigenvalue weighted by molar-refractivity contribution is -0.139. The molecule has 1 spiro atoms. The first-order chi connectivity index (χ1) is 12.1. The Morgan fingerprint density at radius 3 is 2.80 bits per heavy atom. The molecule has 0 N–H and O–H groups in total. The van der Waals surface area contributed by atoms with Gasteiger partial charge in [0.15, 0.2) is 0 Å². The van der Waals surface area contributed by atoms with E-state index in [9.17, 15) is 4.79 Å². The Labute approximate surface area is 151 Å². The second kappa shape index (κ2) is 8.28. The number of aryl methyl sites for hydroxylation is 1. The number of likely N-dealkylation sites (tertiary alicyclic amines) is 2. The molecule has 0 radical (unpaired) electrons. The van der Waals surface area contributed by atoms with Crippen molar-refractivity contribution in [1.82, 2.24) is 14.8 Å². The molecule has 3 heterocycles. The van der Waals surface area contributed by atoms with E-state index in [1.807, 2.05) is 12.4 Å². The number of carbonyl (C=O) groups excluding carboxylic acids is 1. The quantitative estimate of drug-likeness (QED) is 0.744. The summed E-state index contributed by atoms with van der Waals surface area (Å²) in [6.45, 7) is 7.92. The van der Waals surface area contributed by atoms with Crippen LogP contribution in [0.15, 0.2) is 18.5 Å². The van der Waals surface area contributed by atoms with Crippen LogP contribution in [0.2, 0.25) is 0 Å². The molecule has 138 valence electrons. The summed E-state index contributed by atoms with van der Waals surface area (Å²) in [5.74, 6) is 0.330. The van der Waals surface area contributed by atoms with Crippen LogP contribution in [-0.2, 0) is 16.1 Å². The highest BCUT2D eigenvalue weighted by Crippen LogP contribution is 2.40. The third kappa shape index (κ3) is 4.59. The van der Waals surface area contributed by atoms with Crippen molar-refractivity contribution >= 4 is 5.91 Å².